The summed E-state index contributed by atoms with van der Waals surface area (Å²) in [5, 5.41) is 4.40. The lowest BCUT2D eigenvalue weighted by Gasteiger charge is -2.23. The van der Waals surface area contributed by atoms with Crippen molar-refractivity contribution in [3.63, 3.8) is 0 Å². The Kier molecular flexibility index (Phi) is 7.09. The molecule has 0 atom stereocenters. The fourth-order valence-electron chi connectivity index (χ4n) is 3.43. The number of benzene rings is 3. The predicted octanol–water partition coefficient (Wildman–Crippen LogP) is 2.95. The maximum absolute atomic E-state index is 12.7. The van der Waals surface area contributed by atoms with Crippen molar-refractivity contribution < 1.29 is 27.4 Å². The van der Waals surface area contributed by atoms with Gasteiger partial charge in [0.2, 0.25) is 21.7 Å². The van der Waals surface area contributed by atoms with Crippen LogP contribution in [0.2, 0.25) is 0 Å². The second-order valence-corrected chi connectivity index (χ2v) is 8.99. The molecule has 3 rings (SSSR count). The minimum Gasteiger partial charge on any atom is -0.493 e. The molecule has 0 aromatic heterocycles. The molecule has 8 nitrogen and oxygen atoms in total. The smallest absolute Gasteiger partial charge is 0.241 e. The van der Waals surface area contributed by atoms with Gasteiger partial charge in [-0.15, -0.1) is 0 Å². The maximum Gasteiger partial charge on any atom is 0.241 e. The van der Waals surface area contributed by atoms with E-state index in [1.165, 1.54) is 21.3 Å². The second kappa shape index (κ2) is 9.78. The van der Waals surface area contributed by atoms with Crippen LogP contribution in [0, 0.1) is 0 Å². The average molecular weight is 459 g/mol. The summed E-state index contributed by atoms with van der Waals surface area (Å²) in [6.07, 6.45) is 1.08. The maximum atomic E-state index is 12.7. The van der Waals surface area contributed by atoms with E-state index >= 15 is 0 Å². The first-order valence-corrected chi connectivity index (χ1v) is 11.6. The zero-order chi connectivity index (χ0) is 23.3. The first kappa shape index (κ1) is 23.2. The van der Waals surface area contributed by atoms with E-state index in [4.69, 9.17) is 14.2 Å². The molecule has 1 amide bonds. The lowest BCUT2D eigenvalue weighted by molar-refractivity contribution is -0.119. The third-order valence-electron chi connectivity index (χ3n) is 4.94. The van der Waals surface area contributed by atoms with Crippen molar-refractivity contribution in [3.05, 3.63) is 60.2 Å². The van der Waals surface area contributed by atoms with E-state index in [1.807, 2.05) is 30.3 Å². The molecule has 0 saturated heterocycles. The van der Waals surface area contributed by atoms with Gasteiger partial charge < -0.3 is 19.5 Å². The summed E-state index contributed by atoms with van der Waals surface area (Å²) in [5.41, 5.74) is 1.16. The Bertz CT molecular complexity index is 1200. The molecule has 32 heavy (non-hydrogen) atoms. The van der Waals surface area contributed by atoms with Crippen LogP contribution in [0.25, 0.3) is 10.8 Å². The molecule has 0 heterocycles. The zero-order valence-electron chi connectivity index (χ0n) is 18.4. The SMILES string of the molecule is COc1cc(CNC(=O)CN(c2cccc3ccccc23)S(C)(=O)=O)cc(OC)c1OC. The number of nitrogens with zero attached hydrogens (tertiary/aromatic N) is 1. The van der Waals surface area contributed by atoms with Gasteiger partial charge in [-0.3, -0.25) is 9.10 Å². The topological polar surface area (TPSA) is 94.2 Å². The molecular weight excluding hydrogens is 432 g/mol. The van der Waals surface area contributed by atoms with Gasteiger partial charge in [-0.2, -0.15) is 0 Å². The van der Waals surface area contributed by atoms with E-state index in [9.17, 15) is 13.2 Å². The fourth-order valence-corrected chi connectivity index (χ4v) is 4.30. The number of ether oxygens (including phenoxy) is 3. The Hall–Kier alpha value is -3.46. The van der Waals surface area contributed by atoms with Gasteiger partial charge >= 0.3 is 0 Å². The molecule has 3 aromatic rings. The highest BCUT2D eigenvalue weighted by Gasteiger charge is 2.22. The highest BCUT2D eigenvalue weighted by molar-refractivity contribution is 7.92. The molecular formula is C23H26N2O6S. The molecule has 0 bridgehead atoms. The fraction of sp³-hybridized carbons (Fsp3) is 0.261. The second-order valence-electron chi connectivity index (χ2n) is 7.08. The van der Waals surface area contributed by atoms with Gasteiger partial charge in [-0.25, -0.2) is 8.42 Å². The summed E-state index contributed by atoms with van der Waals surface area (Å²) in [5.74, 6) is 0.927. The van der Waals surface area contributed by atoms with Gasteiger partial charge in [0, 0.05) is 11.9 Å². The van der Waals surface area contributed by atoms with Crippen molar-refractivity contribution in [3.8, 4) is 17.2 Å². The van der Waals surface area contributed by atoms with Crippen LogP contribution in [0.3, 0.4) is 0 Å². The number of carbonyl (C=O) groups is 1. The van der Waals surface area contributed by atoms with E-state index in [2.05, 4.69) is 5.32 Å². The summed E-state index contributed by atoms with van der Waals surface area (Å²) in [6.45, 7) is -0.194. The van der Waals surface area contributed by atoms with Crippen molar-refractivity contribution in [1.82, 2.24) is 5.32 Å². The number of nitrogens with one attached hydrogen (secondary N) is 1. The van der Waals surface area contributed by atoms with Gasteiger partial charge in [0.05, 0.1) is 33.3 Å². The van der Waals surface area contributed by atoms with Gasteiger partial charge in [-0.1, -0.05) is 36.4 Å². The summed E-state index contributed by atoms with van der Waals surface area (Å²) in [6, 6.07) is 16.2. The Balaban J connectivity index is 1.82. The normalized spacial score (nSPS) is 11.1. The number of anilines is 1. The van der Waals surface area contributed by atoms with Crippen LogP contribution in [0.4, 0.5) is 5.69 Å². The van der Waals surface area contributed by atoms with Crippen molar-refractivity contribution in [1.29, 1.82) is 0 Å². The number of hydrogen-bond acceptors (Lipinski definition) is 6. The van der Waals surface area contributed by atoms with E-state index in [-0.39, 0.29) is 13.1 Å². The molecule has 170 valence electrons. The molecule has 0 radical (unpaired) electrons. The number of amides is 1. The van der Waals surface area contributed by atoms with Crippen LogP contribution in [0.5, 0.6) is 17.2 Å². The Labute approximate surface area is 187 Å². The molecule has 0 fully saturated rings. The number of fused-ring (bicyclic) bond motifs is 1. The van der Waals surface area contributed by atoms with Crippen LogP contribution in [0.1, 0.15) is 5.56 Å². The van der Waals surface area contributed by atoms with Crippen molar-refractivity contribution in [2.24, 2.45) is 0 Å². The zero-order valence-corrected chi connectivity index (χ0v) is 19.2. The minimum atomic E-state index is -3.70. The number of hydrogen-bond donors (Lipinski definition) is 1. The molecule has 9 heteroatoms. The van der Waals surface area contributed by atoms with Gasteiger partial charge in [0.15, 0.2) is 11.5 Å². The highest BCUT2D eigenvalue weighted by atomic mass is 32.2. The van der Waals surface area contributed by atoms with Crippen molar-refractivity contribution in [2.75, 3.05) is 38.4 Å². The number of carbonyl (C=O) groups excluding carboxylic acids is 1. The Morgan fingerprint density at radius 3 is 2.16 bits per heavy atom. The molecule has 0 aliphatic rings. The molecule has 1 N–H and O–H groups in total. The van der Waals surface area contributed by atoms with E-state index in [0.29, 0.717) is 28.5 Å². The highest BCUT2D eigenvalue weighted by Crippen LogP contribution is 2.38. The first-order valence-electron chi connectivity index (χ1n) is 9.79. The van der Waals surface area contributed by atoms with Gasteiger partial charge in [0.1, 0.15) is 6.54 Å². The third kappa shape index (κ3) is 5.05. The summed E-state index contributed by atoms with van der Waals surface area (Å²) in [7, 11) is 0.823. The lowest BCUT2D eigenvalue weighted by atomic mass is 10.1. The molecule has 0 aliphatic heterocycles. The number of sulfonamides is 1. The van der Waals surface area contributed by atoms with E-state index in [1.54, 1.807) is 24.3 Å². The van der Waals surface area contributed by atoms with Crippen LogP contribution >= 0.6 is 0 Å². The Morgan fingerprint density at radius 2 is 1.56 bits per heavy atom. The summed E-state index contributed by atoms with van der Waals surface area (Å²) in [4.78, 5) is 12.7. The van der Waals surface area contributed by atoms with Crippen LogP contribution in [-0.4, -0.2) is 48.5 Å². The van der Waals surface area contributed by atoms with Crippen LogP contribution in [-0.2, 0) is 21.4 Å². The van der Waals surface area contributed by atoms with Crippen LogP contribution < -0.4 is 23.8 Å². The third-order valence-corrected chi connectivity index (χ3v) is 6.06. The first-order chi connectivity index (χ1) is 15.3. The monoisotopic (exact) mass is 458 g/mol. The van der Waals surface area contributed by atoms with Gasteiger partial charge in [0.25, 0.3) is 0 Å². The quantitative estimate of drug-likeness (QED) is 0.530. The van der Waals surface area contributed by atoms with Crippen molar-refractivity contribution in [2.45, 2.75) is 6.54 Å². The summed E-state index contributed by atoms with van der Waals surface area (Å²) < 4.78 is 42.1. The summed E-state index contributed by atoms with van der Waals surface area (Å²) >= 11 is 0. The largest absolute Gasteiger partial charge is 0.493 e. The minimum absolute atomic E-state index is 0.155. The number of rotatable bonds is 9. The standard InChI is InChI=1S/C23H26N2O6S/c1-29-20-12-16(13-21(30-2)23(20)31-3)14-24-22(26)15-25(32(4,27)28)19-11-7-9-17-8-5-6-10-18(17)19/h5-13H,14-15H2,1-4H3,(H,24,26). The van der Waals surface area contributed by atoms with Crippen LogP contribution in [0.15, 0.2) is 54.6 Å². The number of methoxy groups -OCH3 is 3. The molecule has 0 aliphatic carbocycles. The van der Waals surface area contributed by atoms with Gasteiger partial charge in [-0.05, 0) is 29.1 Å². The molecule has 3 aromatic carbocycles. The molecule has 0 spiro atoms. The molecule has 0 unspecified atom stereocenters. The van der Waals surface area contributed by atoms with E-state index < -0.39 is 15.9 Å². The predicted molar refractivity (Wildman–Crippen MR) is 124 cm³/mol. The Morgan fingerprint density at radius 1 is 0.938 bits per heavy atom. The molecule has 0 saturated carbocycles. The lowest BCUT2D eigenvalue weighted by Crippen LogP contribution is -2.40. The van der Waals surface area contributed by atoms with E-state index in [0.717, 1.165) is 21.3 Å². The average Bonchev–Trinajstić information content (AvgIpc) is 2.79. The van der Waals surface area contributed by atoms with Crippen molar-refractivity contribution >= 4 is 32.4 Å².